The molecule has 22 heavy (non-hydrogen) atoms. The van der Waals surface area contributed by atoms with Crippen molar-refractivity contribution in [3.8, 4) is 0 Å². The molecule has 2 fully saturated rings. The van der Waals surface area contributed by atoms with Crippen LogP contribution in [0.1, 0.15) is 50.6 Å². The largest absolute Gasteiger partial charge is 0.349 e. The number of rotatable bonds is 4. The molecule has 4 heteroatoms. The Morgan fingerprint density at radius 1 is 1.27 bits per heavy atom. The van der Waals surface area contributed by atoms with Crippen molar-refractivity contribution in [2.45, 2.75) is 51.1 Å². The lowest BCUT2D eigenvalue weighted by Gasteiger charge is -2.36. The highest BCUT2D eigenvalue weighted by atomic mass is 19.1. The topological polar surface area (TPSA) is 41.1 Å². The Morgan fingerprint density at radius 3 is 2.59 bits per heavy atom. The van der Waals surface area contributed by atoms with E-state index < -0.39 is 0 Å². The van der Waals surface area contributed by atoms with Crippen LogP contribution < -0.4 is 10.6 Å². The van der Waals surface area contributed by atoms with Gasteiger partial charge in [0.05, 0.1) is 6.04 Å². The van der Waals surface area contributed by atoms with Crippen LogP contribution in [0.4, 0.5) is 4.39 Å². The molecule has 1 saturated heterocycles. The number of hydrogen-bond acceptors (Lipinski definition) is 2. The van der Waals surface area contributed by atoms with Crippen LogP contribution in [-0.4, -0.2) is 18.5 Å². The minimum atomic E-state index is -0.227. The third kappa shape index (κ3) is 3.49. The van der Waals surface area contributed by atoms with Crippen molar-refractivity contribution in [3.05, 3.63) is 35.6 Å². The number of halogens is 1. The summed E-state index contributed by atoms with van der Waals surface area (Å²) in [6, 6.07) is 7.02. The number of nitrogens with one attached hydrogen (secondary N) is 2. The lowest BCUT2D eigenvalue weighted by molar-refractivity contribution is -0.127. The summed E-state index contributed by atoms with van der Waals surface area (Å²) in [6.07, 6.45) is 5.31. The first kappa shape index (κ1) is 15.5. The molecule has 3 nitrogen and oxygen atoms in total. The Balaban J connectivity index is 1.69. The lowest BCUT2D eigenvalue weighted by atomic mass is 9.77. The molecule has 1 heterocycles. The molecular formula is C18H25FN2O. The third-order valence-electron chi connectivity index (χ3n) is 5.14. The van der Waals surface area contributed by atoms with Gasteiger partial charge in [-0.3, -0.25) is 4.79 Å². The van der Waals surface area contributed by atoms with Crippen LogP contribution in [0.2, 0.25) is 0 Å². The van der Waals surface area contributed by atoms with Gasteiger partial charge in [-0.25, -0.2) is 4.39 Å². The number of piperidine rings is 1. The van der Waals surface area contributed by atoms with Crippen molar-refractivity contribution in [1.82, 2.24) is 10.6 Å². The van der Waals surface area contributed by atoms with Gasteiger partial charge in [0.15, 0.2) is 0 Å². The molecule has 3 atom stereocenters. The summed E-state index contributed by atoms with van der Waals surface area (Å²) in [5.74, 6) is 0.525. The molecule has 1 aromatic rings. The van der Waals surface area contributed by atoms with Crippen LogP contribution in [0.15, 0.2) is 24.3 Å². The monoisotopic (exact) mass is 304 g/mol. The number of amides is 1. The first-order valence-electron chi connectivity index (χ1n) is 8.42. The van der Waals surface area contributed by atoms with Crippen molar-refractivity contribution in [2.75, 3.05) is 6.54 Å². The summed E-state index contributed by atoms with van der Waals surface area (Å²) < 4.78 is 13.1. The van der Waals surface area contributed by atoms with Crippen molar-refractivity contribution < 1.29 is 9.18 Å². The summed E-state index contributed by atoms with van der Waals surface area (Å²) in [6.45, 7) is 3.03. The number of benzene rings is 1. The van der Waals surface area contributed by atoms with Gasteiger partial charge in [0.2, 0.25) is 5.91 Å². The van der Waals surface area contributed by atoms with Gasteiger partial charge in [0, 0.05) is 12.0 Å². The molecule has 1 aromatic carbocycles. The zero-order valence-electron chi connectivity index (χ0n) is 13.1. The van der Waals surface area contributed by atoms with Crippen LogP contribution in [0.3, 0.4) is 0 Å². The first-order valence-corrected chi connectivity index (χ1v) is 8.42. The molecule has 1 unspecified atom stereocenters. The molecule has 3 rings (SSSR count). The van der Waals surface area contributed by atoms with Crippen molar-refractivity contribution >= 4 is 5.91 Å². The molecule has 2 N–H and O–H groups in total. The average Bonchev–Trinajstić information content (AvgIpc) is 2.45. The molecule has 0 aromatic heterocycles. The van der Waals surface area contributed by atoms with Gasteiger partial charge in [0.1, 0.15) is 5.82 Å². The maximum Gasteiger partial charge on any atom is 0.223 e. The maximum absolute atomic E-state index is 13.1. The Bertz CT molecular complexity index is 512. The Hall–Kier alpha value is -1.42. The molecule has 1 aliphatic heterocycles. The highest BCUT2D eigenvalue weighted by Gasteiger charge is 2.32. The lowest BCUT2D eigenvalue weighted by Crippen LogP contribution is -2.45. The van der Waals surface area contributed by atoms with Gasteiger partial charge in [-0.05, 0) is 62.8 Å². The summed E-state index contributed by atoms with van der Waals surface area (Å²) >= 11 is 0. The van der Waals surface area contributed by atoms with Crippen molar-refractivity contribution in [2.24, 2.45) is 11.8 Å². The summed E-state index contributed by atoms with van der Waals surface area (Å²) in [4.78, 5) is 12.6. The molecule has 1 amide bonds. The van der Waals surface area contributed by atoms with E-state index in [0.29, 0.717) is 12.0 Å². The predicted octanol–water partition coefficient (Wildman–Crippen LogP) is 3.17. The van der Waals surface area contributed by atoms with E-state index in [9.17, 15) is 9.18 Å². The molecule has 0 bridgehead atoms. The van der Waals surface area contributed by atoms with Crippen LogP contribution in [0.5, 0.6) is 0 Å². The minimum Gasteiger partial charge on any atom is -0.349 e. The van der Waals surface area contributed by atoms with Crippen LogP contribution in [0.25, 0.3) is 0 Å². The van der Waals surface area contributed by atoms with Crippen molar-refractivity contribution in [1.29, 1.82) is 0 Å². The summed E-state index contributed by atoms with van der Waals surface area (Å²) in [7, 11) is 0. The Labute approximate surface area is 131 Å². The van der Waals surface area contributed by atoms with E-state index in [0.717, 1.165) is 37.8 Å². The van der Waals surface area contributed by atoms with Gasteiger partial charge >= 0.3 is 0 Å². The molecule has 120 valence electrons. The fourth-order valence-electron chi connectivity index (χ4n) is 3.56. The van der Waals surface area contributed by atoms with E-state index in [1.54, 1.807) is 0 Å². The molecule has 2 aliphatic rings. The second-order valence-electron chi connectivity index (χ2n) is 6.81. The molecule has 0 spiro atoms. The zero-order valence-corrected chi connectivity index (χ0v) is 13.1. The van der Waals surface area contributed by atoms with E-state index in [1.165, 1.54) is 18.6 Å². The first-order chi connectivity index (χ1) is 10.6. The minimum absolute atomic E-state index is 0.0343. The van der Waals surface area contributed by atoms with Gasteiger partial charge < -0.3 is 10.6 Å². The standard InChI is InChI=1S/C18H25FN2O/c1-12-11-15(9-10-20-12)18(22)21-17(13-3-2-4-13)14-5-7-16(19)8-6-14/h5-8,12-13,15,17,20H,2-4,9-11H2,1H3,(H,21,22)/t12-,15-,17?/m0/s1. The van der Waals surface area contributed by atoms with E-state index >= 15 is 0 Å². The Morgan fingerprint density at radius 2 is 2.00 bits per heavy atom. The van der Waals surface area contributed by atoms with E-state index in [-0.39, 0.29) is 23.7 Å². The van der Waals surface area contributed by atoms with E-state index in [1.807, 2.05) is 12.1 Å². The molecule has 1 aliphatic carbocycles. The predicted molar refractivity (Wildman–Crippen MR) is 84.8 cm³/mol. The normalized spacial score (nSPS) is 27.0. The smallest absolute Gasteiger partial charge is 0.223 e. The SMILES string of the molecule is C[C@H]1C[C@@H](C(=O)NC(c2ccc(F)cc2)C2CCC2)CCN1. The van der Waals surface area contributed by atoms with Gasteiger partial charge in [-0.15, -0.1) is 0 Å². The quantitative estimate of drug-likeness (QED) is 0.897. The van der Waals surface area contributed by atoms with Gasteiger partial charge in [0.25, 0.3) is 0 Å². The van der Waals surface area contributed by atoms with Crippen molar-refractivity contribution in [3.63, 3.8) is 0 Å². The van der Waals surface area contributed by atoms with Crippen LogP contribution >= 0.6 is 0 Å². The van der Waals surface area contributed by atoms with Gasteiger partial charge in [-0.2, -0.15) is 0 Å². The fourth-order valence-corrected chi connectivity index (χ4v) is 3.56. The molecule has 0 radical (unpaired) electrons. The molecule has 1 saturated carbocycles. The van der Waals surface area contributed by atoms with E-state index in [2.05, 4.69) is 17.6 Å². The van der Waals surface area contributed by atoms with E-state index in [4.69, 9.17) is 0 Å². The highest BCUT2D eigenvalue weighted by Crippen LogP contribution is 2.38. The van der Waals surface area contributed by atoms with Crippen LogP contribution in [0, 0.1) is 17.7 Å². The highest BCUT2D eigenvalue weighted by molar-refractivity contribution is 5.79. The van der Waals surface area contributed by atoms with Gasteiger partial charge in [-0.1, -0.05) is 18.6 Å². The fraction of sp³-hybridized carbons (Fsp3) is 0.611. The average molecular weight is 304 g/mol. The Kier molecular flexibility index (Phi) is 4.77. The third-order valence-corrected chi connectivity index (χ3v) is 5.14. The maximum atomic E-state index is 13.1. The number of carbonyl (C=O) groups excluding carboxylic acids is 1. The zero-order chi connectivity index (χ0) is 15.5. The number of carbonyl (C=O) groups is 1. The van der Waals surface area contributed by atoms with Crippen LogP contribution in [-0.2, 0) is 4.79 Å². The second-order valence-corrected chi connectivity index (χ2v) is 6.81. The second kappa shape index (κ2) is 6.78. The molecular weight excluding hydrogens is 279 g/mol. The summed E-state index contributed by atoms with van der Waals surface area (Å²) in [5.41, 5.74) is 1.03. The summed E-state index contributed by atoms with van der Waals surface area (Å²) in [5, 5.41) is 6.64. The number of hydrogen-bond donors (Lipinski definition) is 2.